The molecule has 5 nitrogen and oxygen atoms in total. The second-order valence-electron chi connectivity index (χ2n) is 7.00. The Morgan fingerprint density at radius 2 is 1.63 bits per heavy atom. The normalized spacial score (nSPS) is 11.3. The summed E-state index contributed by atoms with van der Waals surface area (Å²) in [5.41, 5.74) is 4.76. The smallest absolute Gasteiger partial charge is 0.240 e. The van der Waals surface area contributed by atoms with Crippen LogP contribution in [-0.4, -0.2) is 33.7 Å². The molecule has 0 unspecified atom stereocenters. The van der Waals surface area contributed by atoms with Crippen molar-refractivity contribution in [2.45, 2.75) is 33.6 Å². The lowest BCUT2D eigenvalue weighted by molar-refractivity contribution is -0.119. The fourth-order valence-electron chi connectivity index (χ4n) is 2.83. The molecule has 6 heteroatoms. The van der Waals surface area contributed by atoms with E-state index >= 15 is 0 Å². The molecule has 27 heavy (non-hydrogen) atoms. The van der Waals surface area contributed by atoms with E-state index in [-0.39, 0.29) is 12.5 Å². The van der Waals surface area contributed by atoms with E-state index in [4.69, 9.17) is 0 Å². The number of benzene rings is 2. The van der Waals surface area contributed by atoms with Crippen molar-refractivity contribution in [3.05, 3.63) is 64.7 Å². The lowest BCUT2D eigenvalue weighted by Gasteiger charge is -2.24. The van der Waals surface area contributed by atoms with Crippen molar-refractivity contribution in [2.75, 3.05) is 23.7 Å². The number of anilines is 1. The molecule has 1 N–H and O–H groups in total. The summed E-state index contributed by atoms with van der Waals surface area (Å²) in [6.45, 7) is 6.08. The van der Waals surface area contributed by atoms with Crippen LogP contribution in [0.15, 0.2) is 42.5 Å². The quantitative estimate of drug-likeness (QED) is 0.707. The molecule has 2 rings (SSSR count). The molecule has 146 valence electrons. The molecule has 0 radical (unpaired) electrons. The van der Waals surface area contributed by atoms with Gasteiger partial charge in [-0.1, -0.05) is 42.0 Å². The van der Waals surface area contributed by atoms with Gasteiger partial charge in [0.2, 0.25) is 15.9 Å². The number of nitrogens with zero attached hydrogens (tertiary/aromatic N) is 1. The van der Waals surface area contributed by atoms with Gasteiger partial charge in [-0.3, -0.25) is 9.10 Å². The van der Waals surface area contributed by atoms with E-state index in [1.165, 1.54) is 15.4 Å². The molecule has 0 fully saturated rings. The third-order valence-corrected chi connectivity index (χ3v) is 5.53. The van der Waals surface area contributed by atoms with Gasteiger partial charge in [-0.2, -0.15) is 0 Å². The Bertz CT molecular complexity index is 890. The van der Waals surface area contributed by atoms with E-state index < -0.39 is 10.0 Å². The zero-order valence-corrected chi connectivity index (χ0v) is 17.3. The van der Waals surface area contributed by atoms with Gasteiger partial charge in [-0.15, -0.1) is 0 Å². The van der Waals surface area contributed by atoms with Crippen LogP contribution in [0.4, 0.5) is 5.69 Å². The van der Waals surface area contributed by atoms with Crippen LogP contribution >= 0.6 is 0 Å². The summed E-state index contributed by atoms with van der Waals surface area (Å²) in [5.74, 6) is -0.301. The minimum Gasteiger partial charge on any atom is -0.355 e. The van der Waals surface area contributed by atoms with E-state index in [2.05, 4.69) is 29.6 Å². The Hall–Kier alpha value is -2.34. The molecule has 0 bridgehead atoms. The predicted molar refractivity (Wildman–Crippen MR) is 111 cm³/mol. The van der Waals surface area contributed by atoms with Gasteiger partial charge in [-0.25, -0.2) is 8.42 Å². The molecule has 2 aromatic carbocycles. The van der Waals surface area contributed by atoms with Crippen LogP contribution in [0.3, 0.4) is 0 Å². The lowest BCUT2D eigenvalue weighted by atomic mass is 10.1. The molecule has 0 aromatic heterocycles. The van der Waals surface area contributed by atoms with E-state index in [9.17, 15) is 13.2 Å². The van der Waals surface area contributed by atoms with Crippen molar-refractivity contribution in [1.82, 2.24) is 5.32 Å². The van der Waals surface area contributed by atoms with Crippen molar-refractivity contribution in [3.8, 4) is 0 Å². The average molecular weight is 389 g/mol. The second-order valence-corrected chi connectivity index (χ2v) is 8.91. The van der Waals surface area contributed by atoms with Gasteiger partial charge in [0.05, 0.1) is 11.9 Å². The van der Waals surface area contributed by atoms with Gasteiger partial charge >= 0.3 is 0 Å². The van der Waals surface area contributed by atoms with E-state index in [0.29, 0.717) is 12.2 Å². The zero-order valence-electron chi connectivity index (χ0n) is 16.5. The molecule has 2 aromatic rings. The van der Waals surface area contributed by atoms with E-state index in [0.717, 1.165) is 30.2 Å². The Morgan fingerprint density at radius 3 is 2.26 bits per heavy atom. The number of hydrogen-bond acceptors (Lipinski definition) is 3. The highest BCUT2D eigenvalue weighted by Gasteiger charge is 2.22. The molecule has 0 aliphatic heterocycles. The second kappa shape index (κ2) is 9.04. The molecular formula is C21H28N2O3S. The molecule has 0 atom stereocenters. The molecule has 0 aliphatic carbocycles. The monoisotopic (exact) mass is 388 g/mol. The third kappa shape index (κ3) is 6.40. The first-order valence-electron chi connectivity index (χ1n) is 9.04. The van der Waals surface area contributed by atoms with Crippen LogP contribution in [0.1, 0.15) is 28.7 Å². The first-order valence-corrected chi connectivity index (χ1v) is 10.9. The summed E-state index contributed by atoms with van der Waals surface area (Å²) < 4.78 is 25.6. The van der Waals surface area contributed by atoms with Crippen molar-refractivity contribution < 1.29 is 13.2 Å². The van der Waals surface area contributed by atoms with Crippen molar-refractivity contribution >= 4 is 21.6 Å². The van der Waals surface area contributed by atoms with Crippen molar-refractivity contribution in [3.63, 3.8) is 0 Å². The molecule has 0 saturated heterocycles. The van der Waals surface area contributed by atoms with Crippen LogP contribution < -0.4 is 9.62 Å². The third-order valence-electron chi connectivity index (χ3n) is 4.41. The van der Waals surface area contributed by atoms with Gasteiger partial charge < -0.3 is 5.32 Å². The number of rotatable bonds is 8. The first kappa shape index (κ1) is 21.0. The first-order chi connectivity index (χ1) is 12.7. The maximum atomic E-state index is 12.3. The lowest BCUT2D eigenvalue weighted by Crippen LogP contribution is -2.41. The molecule has 0 saturated carbocycles. The Balaban J connectivity index is 1.94. The number of aryl methyl sites for hydroxylation is 4. The van der Waals surface area contributed by atoms with Crippen LogP contribution in [0.5, 0.6) is 0 Å². The van der Waals surface area contributed by atoms with Crippen LogP contribution in [0.2, 0.25) is 0 Å². The number of sulfonamides is 1. The highest BCUT2D eigenvalue weighted by Crippen LogP contribution is 2.23. The number of nitrogens with one attached hydrogen (secondary N) is 1. The number of carbonyl (C=O) groups excluding carboxylic acids is 1. The minimum absolute atomic E-state index is 0.215. The number of carbonyl (C=O) groups is 1. The van der Waals surface area contributed by atoms with Crippen LogP contribution in [0, 0.1) is 20.8 Å². The number of hydrogen-bond donors (Lipinski definition) is 1. The standard InChI is InChI=1S/C21H28N2O3S/c1-16-8-11-19(12-9-16)6-5-13-22-21(24)15-23(27(4,25)26)20-14-17(2)7-10-18(20)3/h7-12,14H,5-6,13,15H2,1-4H3,(H,22,24). The average Bonchev–Trinajstić information content (AvgIpc) is 2.59. The van der Waals surface area contributed by atoms with E-state index in [1.54, 1.807) is 6.07 Å². The summed E-state index contributed by atoms with van der Waals surface area (Å²) >= 11 is 0. The fraction of sp³-hybridized carbons (Fsp3) is 0.381. The fourth-order valence-corrected chi connectivity index (χ4v) is 3.74. The Morgan fingerprint density at radius 1 is 1.00 bits per heavy atom. The highest BCUT2D eigenvalue weighted by atomic mass is 32.2. The maximum Gasteiger partial charge on any atom is 0.240 e. The van der Waals surface area contributed by atoms with Gasteiger partial charge in [-0.05, 0) is 56.4 Å². The maximum absolute atomic E-state index is 12.3. The topological polar surface area (TPSA) is 66.5 Å². The highest BCUT2D eigenvalue weighted by molar-refractivity contribution is 7.92. The van der Waals surface area contributed by atoms with Gasteiger partial charge in [0.25, 0.3) is 0 Å². The summed E-state index contributed by atoms with van der Waals surface area (Å²) in [4.78, 5) is 12.3. The largest absolute Gasteiger partial charge is 0.355 e. The zero-order chi connectivity index (χ0) is 20.0. The molecule has 1 amide bonds. The molecule has 0 heterocycles. The summed E-state index contributed by atoms with van der Waals surface area (Å²) in [6.07, 6.45) is 2.80. The van der Waals surface area contributed by atoms with Gasteiger partial charge in [0.1, 0.15) is 6.54 Å². The summed E-state index contributed by atoms with van der Waals surface area (Å²) in [6, 6.07) is 13.9. The minimum atomic E-state index is -3.56. The molecule has 0 spiro atoms. The summed E-state index contributed by atoms with van der Waals surface area (Å²) in [5, 5.41) is 2.83. The van der Waals surface area contributed by atoms with Crippen molar-refractivity contribution in [2.24, 2.45) is 0 Å². The van der Waals surface area contributed by atoms with E-state index in [1.807, 2.05) is 32.9 Å². The Labute approximate surface area is 162 Å². The summed E-state index contributed by atoms with van der Waals surface area (Å²) in [7, 11) is -3.56. The Kier molecular flexibility index (Phi) is 7.02. The van der Waals surface area contributed by atoms with Crippen molar-refractivity contribution in [1.29, 1.82) is 0 Å². The van der Waals surface area contributed by atoms with Crippen LogP contribution in [0.25, 0.3) is 0 Å². The molecular weight excluding hydrogens is 360 g/mol. The predicted octanol–water partition coefficient (Wildman–Crippen LogP) is 3.13. The van der Waals surface area contributed by atoms with Crippen LogP contribution in [-0.2, 0) is 21.2 Å². The number of amides is 1. The molecule has 0 aliphatic rings. The SMILES string of the molecule is Cc1ccc(CCCNC(=O)CN(c2cc(C)ccc2C)S(C)(=O)=O)cc1. The van der Waals surface area contributed by atoms with Gasteiger partial charge in [0, 0.05) is 6.54 Å². The van der Waals surface area contributed by atoms with Gasteiger partial charge in [0.15, 0.2) is 0 Å².